The Morgan fingerprint density at radius 3 is 2.67 bits per heavy atom. The summed E-state index contributed by atoms with van der Waals surface area (Å²) < 4.78 is 10.5. The van der Waals surface area contributed by atoms with Crippen LogP contribution in [0.1, 0.15) is 31.2 Å². The highest BCUT2D eigenvalue weighted by Gasteiger charge is 2.52. The van der Waals surface area contributed by atoms with E-state index >= 15 is 0 Å². The number of piperidine rings is 1. The minimum Gasteiger partial charge on any atom is -0.495 e. The fraction of sp³-hybridized carbons (Fsp3) is 0.600. The van der Waals surface area contributed by atoms with Crippen molar-refractivity contribution in [3.8, 4) is 5.75 Å². The second-order valence-corrected chi connectivity index (χ2v) is 7.31. The van der Waals surface area contributed by atoms with Crippen LogP contribution >= 0.6 is 0 Å². The molecule has 3 amide bonds. The maximum atomic E-state index is 13.2. The van der Waals surface area contributed by atoms with Crippen LogP contribution in [0.3, 0.4) is 0 Å². The zero-order valence-electron chi connectivity index (χ0n) is 16.4. The Balaban J connectivity index is 1.80. The molecule has 2 aliphatic rings. The van der Waals surface area contributed by atoms with Gasteiger partial charge < -0.3 is 24.6 Å². The summed E-state index contributed by atoms with van der Waals surface area (Å²) in [6.45, 7) is 4.35. The van der Waals surface area contributed by atoms with Gasteiger partial charge in [-0.2, -0.15) is 0 Å². The van der Waals surface area contributed by atoms with Crippen LogP contribution in [0.4, 0.5) is 10.5 Å². The SMILES string of the molecule is COCCN1CCCC2(CCCN2C(=O)Nc2cc(C)ccc2OC)C1=O. The molecule has 7 nitrogen and oxygen atoms in total. The van der Waals surface area contributed by atoms with Gasteiger partial charge in [-0.15, -0.1) is 0 Å². The number of carbonyl (C=O) groups is 2. The summed E-state index contributed by atoms with van der Waals surface area (Å²) in [6.07, 6.45) is 3.16. The van der Waals surface area contributed by atoms with Crippen LogP contribution in [0.25, 0.3) is 0 Å². The van der Waals surface area contributed by atoms with Crippen molar-refractivity contribution in [2.24, 2.45) is 0 Å². The Kier molecular flexibility index (Phi) is 5.89. The van der Waals surface area contributed by atoms with Gasteiger partial charge >= 0.3 is 6.03 Å². The molecule has 27 heavy (non-hydrogen) atoms. The summed E-state index contributed by atoms with van der Waals surface area (Å²) in [5.41, 5.74) is 0.929. The summed E-state index contributed by atoms with van der Waals surface area (Å²) >= 11 is 0. The number of likely N-dealkylation sites (tertiary alicyclic amines) is 2. The topological polar surface area (TPSA) is 71.1 Å². The number of rotatable bonds is 5. The third-order valence-corrected chi connectivity index (χ3v) is 5.60. The third-order valence-electron chi connectivity index (χ3n) is 5.60. The van der Waals surface area contributed by atoms with Crippen molar-refractivity contribution in [3.63, 3.8) is 0 Å². The lowest BCUT2D eigenvalue weighted by Crippen LogP contribution is -2.62. The van der Waals surface area contributed by atoms with E-state index in [1.807, 2.05) is 30.0 Å². The first-order valence-corrected chi connectivity index (χ1v) is 9.53. The lowest BCUT2D eigenvalue weighted by Gasteiger charge is -2.44. The second-order valence-electron chi connectivity index (χ2n) is 7.31. The molecular weight excluding hydrogens is 346 g/mol. The van der Waals surface area contributed by atoms with Gasteiger partial charge in [0.1, 0.15) is 11.3 Å². The van der Waals surface area contributed by atoms with Gasteiger partial charge in [0, 0.05) is 26.7 Å². The minimum absolute atomic E-state index is 0.0506. The molecule has 1 aromatic rings. The quantitative estimate of drug-likeness (QED) is 0.859. The van der Waals surface area contributed by atoms with Gasteiger partial charge in [-0.3, -0.25) is 4.79 Å². The molecule has 1 atom stereocenters. The van der Waals surface area contributed by atoms with Gasteiger partial charge in [0.15, 0.2) is 0 Å². The Morgan fingerprint density at radius 2 is 1.96 bits per heavy atom. The number of ether oxygens (including phenoxy) is 2. The van der Waals surface area contributed by atoms with Crippen LogP contribution < -0.4 is 10.1 Å². The largest absolute Gasteiger partial charge is 0.495 e. The van der Waals surface area contributed by atoms with Crippen LogP contribution in [-0.4, -0.2) is 67.7 Å². The summed E-state index contributed by atoms with van der Waals surface area (Å²) in [5.74, 6) is 0.661. The molecule has 0 aromatic heterocycles. The van der Waals surface area contributed by atoms with E-state index in [0.717, 1.165) is 24.9 Å². The number of nitrogens with one attached hydrogen (secondary N) is 1. The molecule has 1 unspecified atom stereocenters. The van der Waals surface area contributed by atoms with Gasteiger partial charge in [-0.25, -0.2) is 4.79 Å². The van der Waals surface area contributed by atoms with Crippen LogP contribution in [0, 0.1) is 6.92 Å². The van der Waals surface area contributed by atoms with E-state index in [2.05, 4.69) is 5.32 Å². The van der Waals surface area contributed by atoms with Crippen molar-refractivity contribution in [1.82, 2.24) is 9.80 Å². The van der Waals surface area contributed by atoms with Crippen LogP contribution in [0.15, 0.2) is 18.2 Å². The molecular formula is C20H29N3O4. The standard InChI is InChI=1S/C20H29N3O4/c1-15-6-7-17(27-3)16(14-15)21-19(25)23-11-5-9-20(23)8-4-10-22(18(20)24)12-13-26-2/h6-7,14H,4-5,8-13H2,1-3H3,(H,21,25). The highest BCUT2D eigenvalue weighted by atomic mass is 16.5. The molecule has 1 N–H and O–H groups in total. The maximum Gasteiger partial charge on any atom is 0.322 e. The van der Waals surface area contributed by atoms with Gasteiger partial charge in [-0.05, 0) is 50.3 Å². The number of carbonyl (C=O) groups excluding carboxylic acids is 2. The number of hydrogen-bond donors (Lipinski definition) is 1. The molecule has 1 aromatic carbocycles. The highest BCUT2D eigenvalue weighted by molar-refractivity contribution is 5.97. The van der Waals surface area contributed by atoms with E-state index in [1.165, 1.54) is 0 Å². The lowest BCUT2D eigenvalue weighted by molar-refractivity contribution is -0.146. The van der Waals surface area contributed by atoms with Gasteiger partial charge in [0.25, 0.3) is 0 Å². The molecule has 0 aliphatic carbocycles. The highest BCUT2D eigenvalue weighted by Crippen LogP contribution is 2.39. The smallest absolute Gasteiger partial charge is 0.322 e. The van der Waals surface area contributed by atoms with E-state index in [9.17, 15) is 9.59 Å². The monoisotopic (exact) mass is 375 g/mol. The van der Waals surface area contributed by atoms with Gasteiger partial charge in [0.05, 0.1) is 19.4 Å². The summed E-state index contributed by atoms with van der Waals surface area (Å²) in [4.78, 5) is 29.9. The molecule has 148 valence electrons. The summed E-state index contributed by atoms with van der Waals surface area (Å²) in [5, 5.41) is 2.96. The predicted octanol–water partition coefficient (Wildman–Crippen LogP) is 2.64. The summed E-state index contributed by atoms with van der Waals surface area (Å²) in [7, 11) is 3.21. The number of hydrogen-bond acceptors (Lipinski definition) is 4. The van der Waals surface area contributed by atoms with Crippen molar-refractivity contribution >= 4 is 17.6 Å². The van der Waals surface area contributed by atoms with Crippen molar-refractivity contribution in [2.75, 3.05) is 45.8 Å². The van der Waals surface area contributed by atoms with Crippen molar-refractivity contribution in [2.45, 2.75) is 38.1 Å². The molecule has 0 bridgehead atoms. The molecule has 2 fully saturated rings. The summed E-state index contributed by atoms with van der Waals surface area (Å²) in [6, 6.07) is 5.42. The Hall–Kier alpha value is -2.28. The number of benzene rings is 1. The first-order chi connectivity index (χ1) is 13.0. The number of aryl methyl sites for hydroxylation is 1. The van der Waals surface area contributed by atoms with Crippen LogP contribution in [0.2, 0.25) is 0 Å². The number of urea groups is 1. The van der Waals surface area contributed by atoms with Gasteiger partial charge in [-0.1, -0.05) is 6.07 Å². The zero-order chi connectivity index (χ0) is 19.4. The van der Waals surface area contributed by atoms with Gasteiger partial charge in [0.2, 0.25) is 5.91 Å². The average molecular weight is 375 g/mol. The molecule has 1 spiro atoms. The van der Waals surface area contributed by atoms with E-state index in [4.69, 9.17) is 9.47 Å². The lowest BCUT2D eigenvalue weighted by atomic mass is 9.85. The number of nitrogens with zero attached hydrogens (tertiary/aromatic N) is 2. The Labute approximate surface area is 160 Å². The van der Waals surface area contributed by atoms with E-state index < -0.39 is 5.54 Å². The molecule has 0 radical (unpaired) electrons. The fourth-order valence-corrected chi connectivity index (χ4v) is 4.24. The molecule has 2 heterocycles. The number of methoxy groups -OCH3 is 2. The van der Waals surface area contributed by atoms with E-state index in [1.54, 1.807) is 19.1 Å². The third kappa shape index (κ3) is 3.74. The minimum atomic E-state index is -0.729. The Bertz CT molecular complexity index is 708. The Morgan fingerprint density at radius 1 is 1.22 bits per heavy atom. The first kappa shape index (κ1) is 19.5. The fourth-order valence-electron chi connectivity index (χ4n) is 4.24. The molecule has 2 aliphatic heterocycles. The van der Waals surface area contributed by atoms with Crippen molar-refractivity contribution in [3.05, 3.63) is 23.8 Å². The van der Waals surface area contributed by atoms with Crippen molar-refractivity contribution in [1.29, 1.82) is 0 Å². The van der Waals surface area contributed by atoms with Crippen molar-refractivity contribution < 1.29 is 19.1 Å². The van der Waals surface area contributed by atoms with Crippen LogP contribution in [-0.2, 0) is 9.53 Å². The molecule has 7 heteroatoms. The first-order valence-electron chi connectivity index (χ1n) is 9.53. The van der Waals surface area contributed by atoms with E-state index in [0.29, 0.717) is 44.0 Å². The number of anilines is 1. The maximum absolute atomic E-state index is 13.2. The zero-order valence-corrected chi connectivity index (χ0v) is 16.4. The normalized spacial score (nSPS) is 22.4. The van der Waals surface area contributed by atoms with Crippen LogP contribution in [0.5, 0.6) is 5.75 Å². The molecule has 0 saturated carbocycles. The second kappa shape index (κ2) is 8.17. The van der Waals surface area contributed by atoms with E-state index in [-0.39, 0.29) is 11.9 Å². The molecule has 2 saturated heterocycles. The number of amides is 3. The average Bonchev–Trinajstić information content (AvgIpc) is 3.08. The predicted molar refractivity (Wildman–Crippen MR) is 103 cm³/mol. The molecule has 3 rings (SSSR count).